The van der Waals surface area contributed by atoms with Gasteiger partial charge in [-0.05, 0) is 35.7 Å². The normalized spacial score (nSPS) is 13.7. The number of morpholine rings is 1. The van der Waals surface area contributed by atoms with E-state index < -0.39 is 0 Å². The molecule has 0 aliphatic carbocycles. The third-order valence-corrected chi connectivity index (χ3v) is 8.10. The number of aromatic amines is 1. The summed E-state index contributed by atoms with van der Waals surface area (Å²) in [7, 11) is 3.65. The van der Waals surface area contributed by atoms with Gasteiger partial charge in [0.15, 0.2) is 5.82 Å². The summed E-state index contributed by atoms with van der Waals surface area (Å²) >= 11 is 0. The molecule has 1 fully saturated rings. The van der Waals surface area contributed by atoms with Crippen LogP contribution in [0.3, 0.4) is 0 Å². The number of aryl methyl sites for hydroxylation is 2. The molecule has 4 aromatic heterocycles. The minimum atomic E-state index is -0.353. The highest BCUT2D eigenvalue weighted by molar-refractivity contribution is 6.07. The number of benzene rings is 2. The second-order valence-electron chi connectivity index (χ2n) is 11.3. The van der Waals surface area contributed by atoms with Crippen LogP contribution in [0.15, 0.2) is 79.3 Å². The van der Waals surface area contributed by atoms with Crippen molar-refractivity contribution < 1.29 is 19.1 Å². The fourth-order valence-electron chi connectivity index (χ4n) is 5.64. The van der Waals surface area contributed by atoms with Gasteiger partial charge in [0.2, 0.25) is 0 Å². The van der Waals surface area contributed by atoms with Crippen LogP contribution in [0.25, 0.3) is 33.3 Å². The molecular weight excluding hydrogens is 584 g/mol. The number of nitrogens with zero attached hydrogens (tertiary/aromatic N) is 5. The highest BCUT2D eigenvalue weighted by atomic mass is 16.5. The number of H-pyrrole nitrogens is 1. The van der Waals surface area contributed by atoms with Crippen LogP contribution in [0.1, 0.15) is 21.0 Å². The zero-order chi connectivity index (χ0) is 31.6. The molecule has 7 rings (SSSR count). The number of nitrogens with one attached hydrogen (secondary N) is 3. The molecule has 234 valence electrons. The molecule has 1 saturated heterocycles. The maximum absolute atomic E-state index is 13.3. The van der Waals surface area contributed by atoms with E-state index in [-0.39, 0.29) is 11.8 Å². The number of amides is 2. The zero-order valence-corrected chi connectivity index (χ0v) is 25.6. The first kappa shape index (κ1) is 29.3. The van der Waals surface area contributed by atoms with Crippen LogP contribution < -0.4 is 15.4 Å². The number of ether oxygens (including phenoxy) is 2. The van der Waals surface area contributed by atoms with E-state index in [0.29, 0.717) is 35.2 Å². The Hall–Kier alpha value is -5.46. The number of fused-ring (bicyclic) bond motifs is 2. The van der Waals surface area contributed by atoms with E-state index in [0.717, 1.165) is 66.1 Å². The average molecular weight is 619 g/mol. The standard InChI is InChI=1S/C34H34N8O4/c1-40-20-24(16-30(40)32-38-27-8-7-26(18-28(27)39-32)46-14-11-42-9-12-45-13-10-42)37-34(44)31-17-25(21-41(31)2)36-33(43)29-15-22-5-3-4-6-23(22)19-35-29/h3-8,15-21H,9-14H2,1-2H3,(H,36,43)(H,37,44)(H,38,39). The minimum Gasteiger partial charge on any atom is -0.492 e. The lowest BCUT2D eigenvalue weighted by Gasteiger charge is -2.26. The number of hydrogen-bond donors (Lipinski definition) is 3. The maximum atomic E-state index is 13.3. The lowest BCUT2D eigenvalue weighted by atomic mass is 10.1. The van der Waals surface area contributed by atoms with Crippen LogP contribution >= 0.6 is 0 Å². The Morgan fingerprint density at radius 3 is 2.52 bits per heavy atom. The van der Waals surface area contributed by atoms with Crippen molar-refractivity contribution in [1.29, 1.82) is 0 Å². The molecule has 1 aliphatic heterocycles. The quantitative estimate of drug-likeness (QED) is 0.215. The summed E-state index contributed by atoms with van der Waals surface area (Å²) in [6, 6.07) is 18.8. The fourth-order valence-corrected chi connectivity index (χ4v) is 5.64. The van der Waals surface area contributed by atoms with Crippen LogP contribution in [0.4, 0.5) is 11.4 Å². The molecule has 1 aliphatic rings. The van der Waals surface area contributed by atoms with Gasteiger partial charge >= 0.3 is 0 Å². The number of hydrogen-bond acceptors (Lipinski definition) is 7. The molecule has 0 radical (unpaired) electrons. The van der Waals surface area contributed by atoms with Gasteiger partial charge in [0.1, 0.15) is 23.7 Å². The average Bonchev–Trinajstić information content (AvgIpc) is 3.76. The first-order valence-corrected chi connectivity index (χ1v) is 15.1. The molecule has 5 heterocycles. The molecule has 12 heteroatoms. The molecule has 0 saturated carbocycles. The molecule has 3 N–H and O–H groups in total. The van der Waals surface area contributed by atoms with E-state index in [4.69, 9.17) is 14.5 Å². The largest absolute Gasteiger partial charge is 0.492 e. The van der Waals surface area contributed by atoms with Crippen LogP contribution in [0.5, 0.6) is 5.75 Å². The van der Waals surface area contributed by atoms with Crippen molar-refractivity contribution in [3.63, 3.8) is 0 Å². The van der Waals surface area contributed by atoms with Gasteiger partial charge < -0.3 is 34.2 Å². The van der Waals surface area contributed by atoms with E-state index in [2.05, 4.69) is 25.5 Å². The van der Waals surface area contributed by atoms with Crippen LogP contribution in [-0.4, -0.2) is 80.3 Å². The third kappa shape index (κ3) is 6.21. The molecule has 0 bridgehead atoms. The van der Waals surface area contributed by atoms with Gasteiger partial charge in [0.25, 0.3) is 11.8 Å². The molecule has 2 amide bonds. The van der Waals surface area contributed by atoms with E-state index in [9.17, 15) is 9.59 Å². The summed E-state index contributed by atoms with van der Waals surface area (Å²) in [4.78, 5) is 40.9. The third-order valence-electron chi connectivity index (χ3n) is 8.10. The van der Waals surface area contributed by atoms with Gasteiger partial charge in [-0.3, -0.25) is 19.5 Å². The summed E-state index contributed by atoms with van der Waals surface area (Å²) in [5.41, 5.74) is 4.28. The minimum absolute atomic E-state index is 0.295. The monoisotopic (exact) mass is 618 g/mol. The Morgan fingerprint density at radius 1 is 0.913 bits per heavy atom. The maximum Gasteiger partial charge on any atom is 0.274 e. The summed E-state index contributed by atoms with van der Waals surface area (Å²) in [6.07, 6.45) is 5.20. The van der Waals surface area contributed by atoms with Crippen molar-refractivity contribution in [2.24, 2.45) is 14.1 Å². The smallest absolute Gasteiger partial charge is 0.274 e. The summed E-state index contributed by atoms with van der Waals surface area (Å²) in [5.74, 6) is 0.790. The lowest BCUT2D eigenvalue weighted by Crippen LogP contribution is -2.38. The van der Waals surface area contributed by atoms with Crippen molar-refractivity contribution in [1.82, 2.24) is 29.0 Å². The number of imidazole rings is 1. The molecular formula is C34H34N8O4. The molecule has 0 atom stereocenters. The second-order valence-corrected chi connectivity index (χ2v) is 11.3. The van der Waals surface area contributed by atoms with Gasteiger partial charge in [-0.25, -0.2) is 4.98 Å². The van der Waals surface area contributed by atoms with Crippen LogP contribution in [-0.2, 0) is 18.8 Å². The van der Waals surface area contributed by atoms with E-state index in [1.807, 2.05) is 66.3 Å². The predicted molar refractivity (Wildman–Crippen MR) is 176 cm³/mol. The number of anilines is 2. The Kier molecular flexibility index (Phi) is 7.95. The zero-order valence-electron chi connectivity index (χ0n) is 25.6. The number of aromatic nitrogens is 5. The highest BCUT2D eigenvalue weighted by Crippen LogP contribution is 2.27. The predicted octanol–water partition coefficient (Wildman–Crippen LogP) is 4.67. The first-order valence-electron chi connectivity index (χ1n) is 15.1. The molecule has 0 unspecified atom stereocenters. The second kappa shape index (κ2) is 12.5. The molecule has 2 aromatic carbocycles. The first-order chi connectivity index (χ1) is 22.4. The number of carbonyl (C=O) groups is 2. The molecule has 12 nitrogen and oxygen atoms in total. The number of rotatable bonds is 9. The molecule has 6 aromatic rings. The van der Waals surface area contributed by atoms with Gasteiger partial charge in [0.05, 0.1) is 41.3 Å². The Balaban J connectivity index is 1.00. The van der Waals surface area contributed by atoms with Gasteiger partial charge in [-0.2, -0.15) is 0 Å². The van der Waals surface area contributed by atoms with Crippen molar-refractivity contribution in [2.45, 2.75) is 0 Å². The van der Waals surface area contributed by atoms with Crippen molar-refractivity contribution in [3.05, 3.63) is 90.6 Å². The highest BCUT2D eigenvalue weighted by Gasteiger charge is 2.18. The summed E-state index contributed by atoms with van der Waals surface area (Å²) in [6.45, 7) is 4.86. The Labute approximate surface area is 265 Å². The number of carbonyl (C=O) groups excluding carboxylic acids is 2. The summed E-state index contributed by atoms with van der Waals surface area (Å²) in [5, 5.41) is 7.69. The van der Waals surface area contributed by atoms with Crippen molar-refractivity contribution in [2.75, 3.05) is 50.1 Å². The van der Waals surface area contributed by atoms with Crippen molar-refractivity contribution >= 4 is 45.0 Å². The van der Waals surface area contributed by atoms with E-state index in [1.54, 1.807) is 36.1 Å². The number of pyridine rings is 1. The van der Waals surface area contributed by atoms with Gasteiger partial charge in [0, 0.05) is 63.8 Å². The van der Waals surface area contributed by atoms with E-state index >= 15 is 0 Å². The van der Waals surface area contributed by atoms with Crippen molar-refractivity contribution in [3.8, 4) is 17.3 Å². The fraction of sp³-hybridized carbons (Fsp3) is 0.235. The Morgan fingerprint density at radius 2 is 1.67 bits per heavy atom. The molecule has 0 spiro atoms. The van der Waals surface area contributed by atoms with Crippen LogP contribution in [0.2, 0.25) is 0 Å². The molecule has 46 heavy (non-hydrogen) atoms. The van der Waals surface area contributed by atoms with Gasteiger partial charge in [-0.1, -0.05) is 24.3 Å². The summed E-state index contributed by atoms with van der Waals surface area (Å²) < 4.78 is 15.0. The van der Waals surface area contributed by atoms with E-state index in [1.165, 1.54) is 0 Å². The van der Waals surface area contributed by atoms with Gasteiger partial charge in [-0.15, -0.1) is 0 Å². The topological polar surface area (TPSA) is 131 Å². The lowest BCUT2D eigenvalue weighted by molar-refractivity contribution is 0.0322. The Bertz CT molecular complexity index is 2050. The van der Waals surface area contributed by atoms with Crippen LogP contribution in [0, 0.1) is 0 Å². The SMILES string of the molecule is Cn1cc(NC(=O)c2cc3ccccc3cn2)cc1C(=O)Nc1cc(-c2nc3ccc(OCCN4CCOCC4)cc3[nH]2)n(C)c1.